The highest BCUT2D eigenvalue weighted by molar-refractivity contribution is 8.00. The number of likely N-dealkylation sites (tertiary alicyclic amines) is 1. The monoisotopic (exact) mass is 861 g/mol. The number of nitrogens with two attached hydrogens (primary N) is 1. The molecule has 1 fully saturated rings. The van der Waals surface area contributed by atoms with Crippen LogP contribution in [-0.4, -0.2) is 141 Å². The van der Waals surface area contributed by atoms with Crippen molar-refractivity contribution >= 4 is 59.1 Å². The third-order valence-electron chi connectivity index (χ3n) is 10.5. The predicted molar refractivity (Wildman–Crippen MR) is 226 cm³/mol. The van der Waals surface area contributed by atoms with E-state index < -0.39 is 93.7 Å². The minimum atomic E-state index is -1.45. The van der Waals surface area contributed by atoms with E-state index in [4.69, 9.17) is 10.8 Å². The van der Waals surface area contributed by atoms with Gasteiger partial charge in [-0.1, -0.05) is 66.7 Å². The van der Waals surface area contributed by atoms with Crippen molar-refractivity contribution in [3.05, 3.63) is 41.5 Å². The number of nitrogens with one attached hydrogen (secondary N) is 4. The molecule has 1 saturated heterocycles. The Morgan fingerprint density at radius 1 is 0.983 bits per heavy atom. The van der Waals surface area contributed by atoms with Crippen LogP contribution < -0.4 is 27.0 Å². The molecule has 60 heavy (non-hydrogen) atoms. The lowest BCUT2D eigenvalue weighted by Gasteiger charge is -2.40. The van der Waals surface area contributed by atoms with E-state index in [1.54, 1.807) is 44.4 Å². The van der Waals surface area contributed by atoms with Gasteiger partial charge < -0.3 is 47.2 Å². The van der Waals surface area contributed by atoms with Crippen LogP contribution in [0.3, 0.4) is 0 Å². The number of hydrogen-bond donors (Lipinski definition) is 8. The molecule has 0 radical (unpaired) electrons. The number of phenolic OH excluding ortho intramolecular Hbond substituents is 1. The highest BCUT2D eigenvalue weighted by atomic mass is 32.2. The van der Waals surface area contributed by atoms with Crippen LogP contribution >= 0.6 is 11.8 Å². The minimum absolute atomic E-state index is 0.0597. The van der Waals surface area contributed by atoms with Gasteiger partial charge in [-0.3, -0.25) is 38.5 Å². The molecule has 6 atom stereocenters. The van der Waals surface area contributed by atoms with Gasteiger partial charge in [0.1, 0.15) is 23.9 Å². The van der Waals surface area contributed by atoms with Crippen molar-refractivity contribution < 1.29 is 53.7 Å². The zero-order valence-electron chi connectivity index (χ0n) is 36.2. The van der Waals surface area contributed by atoms with Crippen LogP contribution in [-0.2, 0) is 43.8 Å². The maximum atomic E-state index is 14.2. The topological polar surface area (TPSA) is 278 Å². The number of nitrogens with zero attached hydrogens (tertiary/aromatic N) is 2. The first-order valence-corrected chi connectivity index (χ1v) is 20.8. The zero-order chi connectivity index (χ0) is 45.9. The Morgan fingerprint density at radius 3 is 2.10 bits per heavy atom. The molecule has 18 nitrogen and oxygen atoms in total. The average Bonchev–Trinajstić information content (AvgIpc) is 3.42. The predicted octanol–water partition coefficient (Wildman–Crippen LogP) is 0.956. The summed E-state index contributed by atoms with van der Waals surface area (Å²) in [6, 6.07) is 1.49. The molecule has 19 heteroatoms. The molecule has 0 saturated carbocycles. The Morgan fingerprint density at radius 2 is 1.58 bits per heavy atom. The largest absolute Gasteiger partial charge is 0.508 e. The van der Waals surface area contributed by atoms with Crippen LogP contribution in [0.2, 0.25) is 0 Å². The summed E-state index contributed by atoms with van der Waals surface area (Å²) < 4.78 is 0. The fourth-order valence-corrected chi connectivity index (χ4v) is 7.81. The number of carbonyl (C=O) groups excluding carboxylic acids is 6. The lowest BCUT2D eigenvalue weighted by molar-refractivity contribution is -0.142. The number of benzene rings is 1. The summed E-state index contributed by atoms with van der Waals surface area (Å²) in [6.45, 7) is 14.2. The van der Waals surface area contributed by atoms with Crippen molar-refractivity contribution in [2.45, 2.75) is 116 Å². The molecular weight excluding hydrogens is 799 g/mol. The normalized spacial score (nSPS) is 17.4. The number of aliphatic carboxylic acids is 2. The summed E-state index contributed by atoms with van der Waals surface area (Å²) in [7, 11) is 3.22. The van der Waals surface area contributed by atoms with E-state index in [1.807, 2.05) is 48.5 Å². The SMILES string of the molecule is CNC(C(=O)N[C@H](C(=O)N(C)[C@H](/C=C(\C)C(=O)N[C@H](CCC(=O)NCCN1C(=O)CC(SC[C@H](N)C(=O)O)C1=O)C(=O)O)C(C)C)C(C)(C)C)C(C)(C)c1ccc(O)cc1. The van der Waals surface area contributed by atoms with Crippen LogP contribution in [0.15, 0.2) is 35.9 Å². The second kappa shape index (κ2) is 22.0. The van der Waals surface area contributed by atoms with E-state index >= 15 is 0 Å². The first kappa shape index (κ1) is 51.1. The fraction of sp³-hybridized carbons (Fsp3) is 0.610. The molecule has 9 N–H and O–H groups in total. The molecule has 2 unspecified atom stereocenters. The average molecular weight is 862 g/mol. The minimum Gasteiger partial charge on any atom is -0.508 e. The van der Waals surface area contributed by atoms with Crippen molar-refractivity contribution in [3.63, 3.8) is 0 Å². The lowest BCUT2D eigenvalue weighted by Crippen LogP contribution is -2.61. The van der Waals surface area contributed by atoms with Crippen LogP contribution in [0, 0.1) is 11.3 Å². The number of carbonyl (C=O) groups is 8. The summed E-state index contributed by atoms with van der Waals surface area (Å²) in [5.41, 5.74) is 4.89. The van der Waals surface area contributed by atoms with Gasteiger partial charge in [-0.25, -0.2) is 4.79 Å². The first-order valence-electron chi connectivity index (χ1n) is 19.7. The third-order valence-corrected chi connectivity index (χ3v) is 11.8. The number of carboxylic acid groups (broad SMARTS) is 2. The van der Waals surface area contributed by atoms with Crippen molar-refractivity contribution in [1.29, 1.82) is 0 Å². The van der Waals surface area contributed by atoms with Crippen LogP contribution in [0.4, 0.5) is 0 Å². The number of likely N-dealkylation sites (N-methyl/N-ethyl adjacent to an activating group) is 2. The van der Waals surface area contributed by atoms with Gasteiger partial charge in [0.2, 0.25) is 35.4 Å². The van der Waals surface area contributed by atoms with Crippen molar-refractivity contribution in [2.24, 2.45) is 17.1 Å². The quantitative estimate of drug-likeness (QED) is 0.0596. The van der Waals surface area contributed by atoms with Crippen molar-refractivity contribution in [1.82, 2.24) is 31.1 Å². The Balaban J connectivity index is 2.08. The Hall–Kier alpha value is -5.01. The molecule has 6 amide bonds. The van der Waals surface area contributed by atoms with E-state index in [-0.39, 0.29) is 55.3 Å². The molecular formula is C41H63N7O11S. The molecule has 1 aromatic carbocycles. The number of carboxylic acids is 2. The standard InChI is InChI=1S/C41H63N7O11S/c1-22(2)28(47(10)37(55)33(40(4,5)6)46-35(53)32(43-9)41(7,8)24-11-13-25(49)14-12-24)19-23(3)34(52)45-27(39(58)59)15-16-30(50)44-17-18-48-31(51)20-29(36(48)54)60-21-26(42)38(56)57/h11-14,19,22,26-29,32-33,43,49H,15-18,20-21,42H2,1-10H3,(H,44,50)(H,45,52)(H,46,53)(H,56,57)(H,58,59)/b23-19+/t26-,27+,28+,29?,32?,33+/m0/s1. The number of imide groups is 1. The number of thioether (sulfide) groups is 1. The number of aromatic hydroxyl groups is 1. The number of amides is 6. The van der Waals surface area contributed by atoms with Crippen LogP contribution in [0.25, 0.3) is 0 Å². The molecule has 0 bridgehead atoms. The fourth-order valence-electron chi connectivity index (χ4n) is 6.69. The van der Waals surface area contributed by atoms with Gasteiger partial charge in [-0.15, -0.1) is 11.8 Å². The van der Waals surface area contributed by atoms with E-state index in [2.05, 4.69) is 21.3 Å². The van der Waals surface area contributed by atoms with Gasteiger partial charge in [0.25, 0.3) is 0 Å². The highest BCUT2D eigenvalue weighted by Gasteiger charge is 2.42. The summed E-state index contributed by atoms with van der Waals surface area (Å²) in [5, 5.41) is 38.8. The smallest absolute Gasteiger partial charge is 0.326 e. The van der Waals surface area contributed by atoms with E-state index in [0.717, 1.165) is 22.2 Å². The van der Waals surface area contributed by atoms with Gasteiger partial charge in [-0.2, -0.15) is 0 Å². The third kappa shape index (κ3) is 14.0. The second-order valence-corrected chi connectivity index (χ2v) is 18.2. The first-order chi connectivity index (χ1) is 27.7. The molecule has 0 spiro atoms. The Kier molecular flexibility index (Phi) is 18.8. The van der Waals surface area contributed by atoms with Gasteiger partial charge in [0.05, 0.1) is 17.3 Å². The molecule has 334 valence electrons. The molecule has 2 rings (SSSR count). The Bertz CT molecular complexity index is 1780. The Labute approximate surface area is 355 Å². The summed E-state index contributed by atoms with van der Waals surface area (Å²) in [4.78, 5) is 105. The zero-order valence-corrected chi connectivity index (χ0v) is 37.0. The van der Waals surface area contributed by atoms with E-state index in [0.29, 0.717) is 0 Å². The van der Waals surface area contributed by atoms with E-state index in [1.165, 1.54) is 11.8 Å². The van der Waals surface area contributed by atoms with Crippen LogP contribution in [0.1, 0.15) is 80.2 Å². The molecule has 1 aliphatic rings. The molecule has 1 aliphatic heterocycles. The maximum absolute atomic E-state index is 14.2. The van der Waals surface area contributed by atoms with Gasteiger partial charge >= 0.3 is 11.9 Å². The van der Waals surface area contributed by atoms with E-state index in [9.17, 15) is 48.6 Å². The molecule has 0 aliphatic carbocycles. The molecule has 0 aromatic heterocycles. The van der Waals surface area contributed by atoms with Crippen molar-refractivity contribution in [3.8, 4) is 5.75 Å². The number of phenols is 1. The van der Waals surface area contributed by atoms with Crippen LogP contribution in [0.5, 0.6) is 5.75 Å². The number of rotatable bonds is 22. The summed E-state index contributed by atoms with van der Waals surface area (Å²) in [6.07, 6.45) is 0.845. The van der Waals surface area contributed by atoms with Crippen molar-refractivity contribution in [2.75, 3.05) is 32.9 Å². The highest BCUT2D eigenvalue weighted by Crippen LogP contribution is 2.30. The van der Waals surface area contributed by atoms with Gasteiger partial charge in [0, 0.05) is 49.7 Å². The maximum Gasteiger partial charge on any atom is 0.326 e. The number of hydrogen-bond acceptors (Lipinski definition) is 12. The summed E-state index contributed by atoms with van der Waals surface area (Å²) in [5.74, 6) is -5.94. The summed E-state index contributed by atoms with van der Waals surface area (Å²) >= 11 is 0.971. The molecule has 1 heterocycles. The van der Waals surface area contributed by atoms with Gasteiger partial charge in [-0.05, 0) is 49.4 Å². The van der Waals surface area contributed by atoms with Gasteiger partial charge in [0.15, 0.2) is 0 Å². The lowest BCUT2D eigenvalue weighted by atomic mass is 9.76. The second-order valence-electron chi connectivity index (χ2n) is 16.9. The molecule has 1 aromatic rings.